The molecule has 1 aliphatic heterocycles. The van der Waals surface area contributed by atoms with Gasteiger partial charge in [0.1, 0.15) is 17.1 Å². The molecule has 0 atom stereocenters. The van der Waals surface area contributed by atoms with Gasteiger partial charge in [0.2, 0.25) is 0 Å². The highest BCUT2D eigenvalue weighted by Crippen LogP contribution is 2.29. The number of anilines is 1. The summed E-state index contributed by atoms with van der Waals surface area (Å²) in [7, 11) is 1.31. The van der Waals surface area contributed by atoms with Crippen molar-refractivity contribution in [2.24, 2.45) is 0 Å². The topological polar surface area (TPSA) is 88.9 Å². The van der Waals surface area contributed by atoms with Gasteiger partial charge in [-0.3, -0.25) is 15.0 Å². The summed E-state index contributed by atoms with van der Waals surface area (Å²) in [5.74, 6) is -0.762. The summed E-state index contributed by atoms with van der Waals surface area (Å²) in [5.41, 5.74) is 3.85. The van der Waals surface area contributed by atoms with Crippen molar-refractivity contribution in [2.75, 3.05) is 12.1 Å². The van der Waals surface area contributed by atoms with Gasteiger partial charge < -0.3 is 9.15 Å². The second kappa shape index (κ2) is 8.29. The van der Waals surface area contributed by atoms with E-state index in [1.54, 1.807) is 36.4 Å². The van der Waals surface area contributed by atoms with Gasteiger partial charge in [-0.25, -0.2) is 9.80 Å². The van der Waals surface area contributed by atoms with Crippen LogP contribution in [0.3, 0.4) is 0 Å². The molecule has 0 saturated carbocycles. The van der Waals surface area contributed by atoms with Crippen molar-refractivity contribution >= 4 is 52.7 Å². The van der Waals surface area contributed by atoms with Crippen LogP contribution < -0.4 is 10.4 Å². The largest absolute Gasteiger partial charge is 0.465 e. The van der Waals surface area contributed by atoms with E-state index in [9.17, 15) is 14.4 Å². The first-order chi connectivity index (χ1) is 14.9. The van der Waals surface area contributed by atoms with Gasteiger partial charge in [-0.05, 0) is 48.5 Å². The molecular formula is C22H14Cl2N2O5. The van der Waals surface area contributed by atoms with Gasteiger partial charge in [0.25, 0.3) is 11.8 Å². The van der Waals surface area contributed by atoms with E-state index in [0.717, 1.165) is 10.6 Å². The minimum absolute atomic E-state index is 0.0990. The molecular weight excluding hydrogens is 443 g/mol. The molecule has 1 aromatic heterocycles. The molecule has 1 saturated heterocycles. The molecule has 0 unspecified atom stereocenters. The maximum absolute atomic E-state index is 12.8. The van der Waals surface area contributed by atoms with Crippen molar-refractivity contribution < 1.29 is 23.5 Å². The predicted molar refractivity (Wildman–Crippen MR) is 116 cm³/mol. The summed E-state index contributed by atoms with van der Waals surface area (Å²) in [4.78, 5) is 36.7. The number of nitrogens with one attached hydrogen (secondary N) is 1. The first-order valence-corrected chi connectivity index (χ1v) is 9.73. The molecule has 0 bridgehead atoms. The fourth-order valence-electron chi connectivity index (χ4n) is 3.02. The normalized spacial score (nSPS) is 14.8. The Hall–Kier alpha value is -3.55. The van der Waals surface area contributed by atoms with E-state index in [2.05, 4.69) is 10.2 Å². The van der Waals surface area contributed by atoms with Gasteiger partial charge >= 0.3 is 5.97 Å². The number of rotatable bonds is 4. The molecule has 2 amide bonds. The number of hydrazine groups is 1. The predicted octanol–water partition coefficient (Wildman–Crippen LogP) is 4.50. The van der Waals surface area contributed by atoms with E-state index in [-0.39, 0.29) is 5.57 Å². The van der Waals surface area contributed by atoms with Crippen LogP contribution in [0.4, 0.5) is 5.69 Å². The second-order valence-electron chi connectivity index (χ2n) is 6.54. The number of amides is 2. The molecule has 1 aliphatic rings. The number of benzene rings is 2. The number of methoxy groups -OCH3 is 1. The standard InChI is InChI=1S/C22H14Cl2N2O5/c1-30-22(29)13-4-2-12(3-5-13)19-7-6-17(31-19)11-18-20(27)25-26(21(18)28)16-9-14(23)8-15(24)10-16/h2-11H,1H3,(H,25,27)/b18-11+. The van der Waals surface area contributed by atoms with E-state index in [1.807, 2.05) is 0 Å². The summed E-state index contributed by atoms with van der Waals surface area (Å²) < 4.78 is 10.4. The van der Waals surface area contributed by atoms with Crippen molar-refractivity contribution in [3.05, 3.63) is 81.5 Å². The Balaban J connectivity index is 1.58. The lowest BCUT2D eigenvalue weighted by atomic mass is 10.1. The van der Waals surface area contributed by atoms with Crippen LogP contribution in [-0.4, -0.2) is 24.9 Å². The van der Waals surface area contributed by atoms with Crippen LogP contribution in [0.15, 0.2) is 64.6 Å². The Kier molecular flexibility index (Phi) is 5.54. The van der Waals surface area contributed by atoms with Gasteiger partial charge in [-0.1, -0.05) is 35.3 Å². The zero-order valence-electron chi connectivity index (χ0n) is 16.0. The zero-order valence-corrected chi connectivity index (χ0v) is 17.5. The van der Waals surface area contributed by atoms with Crippen molar-refractivity contribution in [2.45, 2.75) is 0 Å². The first kappa shape index (κ1) is 20.7. The van der Waals surface area contributed by atoms with Crippen LogP contribution in [0.2, 0.25) is 10.0 Å². The molecule has 1 fully saturated rings. The summed E-state index contributed by atoms with van der Waals surface area (Å²) in [6.45, 7) is 0. The SMILES string of the molecule is COC(=O)c1ccc(-c2ccc(/C=C3\C(=O)NN(c4cc(Cl)cc(Cl)c4)C3=O)o2)cc1. The smallest absolute Gasteiger partial charge is 0.337 e. The average molecular weight is 457 g/mol. The lowest BCUT2D eigenvalue weighted by Gasteiger charge is -2.15. The summed E-state index contributed by atoms with van der Waals surface area (Å²) in [5, 5.41) is 1.73. The third kappa shape index (κ3) is 4.19. The number of furan rings is 1. The third-order valence-corrected chi connectivity index (χ3v) is 4.94. The minimum Gasteiger partial charge on any atom is -0.465 e. The van der Waals surface area contributed by atoms with E-state index in [4.69, 9.17) is 27.6 Å². The van der Waals surface area contributed by atoms with Crippen molar-refractivity contribution in [1.82, 2.24) is 5.43 Å². The van der Waals surface area contributed by atoms with E-state index in [1.165, 1.54) is 31.4 Å². The molecule has 0 aliphatic carbocycles. The fraction of sp³-hybridized carbons (Fsp3) is 0.0455. The number of hydrogen-bond donors (Lipinski definition) is 1. The number of nitrogens with zero attached hydrogens (tertiary/aromatic N) is 1. The lowest BCUT2D eigenvalue weighted by Crippen LogP contribution is -2.35. The molecule has 1 N–H and O–H groups in total. The Morgan fingerprint density at radius 2 is 1.71 bits per heavy atom. The van der Waals surface area contributed by atoms with Crippen molar-refractivity contribution in [1.29, 1.82) is 0 Å². The number of carbonyl (C=O) groups excluding carboxylic acids is 3. The van der Waals surface area contributed by atoms with Gasteiger partial charge in [-0.15, -0.1) is 0 Å². The number of ether oxygens (including phenoxy) is 1. The van der Waals surface area contributed by atoms with Crippen LogP contribution in [0.1, 0.15) is 16.1 Å². The highest BCUT2D eigenvalue weighted by molar-refractivity contribution is 6.36. The first-order valence-electron chi connectivity index (χ1n) is 8.97. The molecule has 0 radical (unpaired) electrons. The maximum atomic E-state index is 12.8. The summed E-state index contributed by atoms with van der Waals surface area (Å²) in [6, 6.07) is 14.5. The van der Waals surface area contributed by atoms with Crippen LogP contribution in [0, 0.1) is 0 Å². The molecule has 0 spiro atoms. The van der Waals surface area contributed by atoms with Gasteiger partial charge in [0.15, 0.2) is 0 Å². The molecule has 2 heterocycles. The molecule has 7 nitrogen and oxygen atoms in total. The highest BCUT2D eigenvalue weighted by Gasteiger charge is 2.35. The van der Waals surface area contributed by atoms with E-state index < -0.39 is 17.8 Å². The Morgan fingerprint density at radius 3 is 2.35 bits per heavy atom. The number of carbonyl (C=O) groups is 3. The van der Waals surface area contributed by atoms with E-state index >= 15 is 0 Å². The average Bonchev–Trinajstić information content (AvgIpc) is 3.33. The van der Waals surface area contributed by atoms with Crippen LogP contribution in [-0.2, 0) is 14.3 Å². The summed E-state index contributed by atoms with van der Waals surface area (Å²) >= 11 is 12.0. The van der Waals surface area contributed by atoms with Crippen molar-refractivity contribution in [3.63, 3.8) is 0 Å². The van der Waals surface area contributed by atoms with Crippen molar-refractivity contribution in [3.8, 4) is 11.3 Å². The lowest BCUT2D eigenvalue weighted by molar-refractivity contribution is -0.117. The Morgan fingerprint density at radius 1 is 1.03 bits per heavy atom. The van der Waals surface area contributed by atoms with Crippen LogP contribution >= 0.6 is 23.2 Å². The number of hydrogen-bond acceptors (Lipinski definition) is 5. The molecule has 4 rings (SSSR count). The van der Waals surface area contributed by atoms with Gasteiger partial charge in [0, 0.05) is 15.6 Å². The zero-order chi connectivity index (χ0) is 22.1. The molecule has 2 aromatic carbocycles. The third-order valence-electron chi connectivity index (χ3n) is 4.50. The number of esters is 1. The monoisotopic (exact) mass is 456 g/mol. The second-order valence-corrected chi connectivity index (χ2v) is 7.41. The fourth-order valence-corrected chi connectivity index (χ4v) is 3.54. The quantitative estimate of drug-likeness (QED) is 0.354. The Bertz CT molecular complexity index is 1210. The Labute approximate surface area is 186 Å². The van der Waals surface area contributed by atoms with E-state index in [0.29, 0.717) is 32.8 Å². The van der Waals surface area contributed by atoms with Crippen LogP contribution in [0.25, 0.3) is 17.4 Å². The molecule has 156 valence electrons. The minimum atomic E-state index is -0.582. The van der Waals surface area contributed by atoms with Gasteiger partial charge in [-0.2, -0.15) is 0 Å². The summed E-state index contributed by atoms with van der Waals surface area (Å²) in [6.07, 6.45) is 1.36. The van der Waals surface area contributed by atoms with Gasteiger partial charge in [0.05, 0.1) is 18.4 Å². The van der Waals surface area contributed by atoms with Crippen LogP contribution in [0.5, 0.6) is 0 Å². The maximum Gasteiger partial charge on any atom is 0.337 e. The number of halogens is 2. The molecule has 9 heteroatoms. The molecule has 3 aromatic rings. The molecule has 31 heavy (non-hydrogen) atoms. The highest BCUT2D eigenvalue weighted by atomic mass is 35.5.